The number of aromatic nitrogens is 3. The minimum Gasteiger partial charge on any atom is -0.497 e. The van der Waals surface area contributed by atoms with Crippen LogP contribution in [0.25, 0.3) is 26.6 Å². The molecule has 0 amide bonds. The number of aryl methyl sites for hydroxylation is 1. The van der Waals surface area contributed by atoms with Gasteiger partial charge in [-0.2, -0.15) is 4.68 Å². The molecule has 1 N–H and O–H groups in total. The van der Waals surface area contributed by atoms with Crippen LogP contribution in [0.1, 0.15) is 25.0 Å². The summed E-state index contributed by atoms with van der Waals surface area (Å²) in [5, 5.41) is 3.89. The predicted molar refractivity (Wildman–Crippen MR) is 139 cm³/mol. The Kier molecular flexibility index (Phi) is 5.86. The zero-order chi connectivity index (χ0) is 23.7. The largest absolute Gasteiger partial charge is 0.497 e. The molecule has 0 unspecified atom stereocenters. The van der Waals surface area contributed by atoms with Crippen LogP contribution in [0.2, 0.25) is 0 Å². The van der Waals surface area contributed by atoms with Gasteiger partial charge in [-0.05, 0) is 67.4 Å². The number of hydrogen-bond donors (Lipinski definition) is 1. The number of fused-ring (bicyclic) bond motifs is 1. The summed E-state index contributed by atoms with van der Waals surface area (Å²) in [7, 11) is 1.63. The highest BCUT2D eigenvalue weighted by atomic mass is 32.1. The van der Waals surface area contributed by atoms with Gasteiger partial charge in [0.05, 0.1) is 40.0 Å². The van der Waals surface area contributed by atoms with Gasteiger partial charge in [0.2, 0.25) is 5.13 Å². The van der Waals surface area contributed by atoms with Crippen molar-refractivity contribution < 1.29 is 4.74 Å². The predicted octanol–water partition coefficient (Wildman–Crippen LogP) is 6.15. The molecule has 0 atom stereocenters. The monoisotopic (exact) mass is 468 g/mol. The van der Waals surface area contributed by atoms with Crippen LogP contribution < -0.4 is 10.3 Å². The highest BCUT2D eigenvalue weighted by Crippen LogP contribution is 2.28. The molecule has 2 heterocycles. The van der Waals surface area contributed by atoms with Gasteiger partial charge in [-0.25, -0.2) is 4.98 Å². The van der Waals surface area contributed by atoms with Crippen LogP contribution in [0.4, 0.5) is 5.69 Å². The van der Waals surface area contributed by atoms with Crippen molar-refractivity contribution in [2.24, 2.45) is 4.99 Å². The number of nitrogens with zero attached hydrogens (tertiary/aromatic N) is 3. The lowest BCUT2D eigenvalue weighted by molar-refractivity contribution is 0.415. The number of aromatic amines is 1. The van der Waals surface area contributed by atoms with E-state index in [1.807, 2.05) is 67.6 Å². The number of benzene rings is 3. The number of rotatable bonds is 6. The molecule has 0 saturated heterocycles. The van der Waals surface area contributed by atoms with Crippen molar-refractivity contribution in [3.63, 3.8) is 0 Å². The molecule has 6 nitrogen and oxygen atoms in total. The summed E-state index contributed by atoms with van der Waals surface area (Å²) in [4.78, 5) is 23.1. The number of aliphatic imine (C=N–C) groups is 1. The first-order valence-electron chi connectivity index (χ1n) is 11.1. The highest BCUT2D eigenvalue weighted by molar-refractivity contribution is 7.20. The van der Waals surface area contributed by atoms with Crippen molar-refractivity contribution in [3.05, 3.63) is 94.3 Å². The van der Waals surface area contributed by atoms with E-state index >= 15 is 0 Å². The smallest absolute Gasteiger partial charge is 0.283 e. The second-order valence-corrected chi connectivity index (χ2v) is 8.92. The molecule has 0 bridgehead atoms. The highest BCUT2D eigenvalue weighted by Gasteiger charge is 2.21. The number of nitrogens with one attached hydrogen (secondary N) is 1. The molecule has 170 valence electrons. The van der Waals surface area contributed by atoms with Gasteiger partial charge in [0.1, 0.15) is 5.75 Å². The molecule has 0 aliphatic carbocycles. The first-order valence-corrected chi connectivity index (χ1v) is 11.9. The van der Waals surface area contributed by atoms with E-state index in [-0.39, 0.29) is 5.56 Å². The Morgan fingerprint density at radius 3 is 2.47 bits per heavy atom. The van der Waals surface area contributed by atoms with Gasteiger partial charge in [0.15, 0.2) is 0 Å². The fourth-order valence-electron chi connectivity index (χ4n) is 3.89. The van der Waals surface area contributed by atoms with Crippen LogP contribution in [0, 0.1) is 0 Å². The molecule has 2 aromatic heterocycles. The number of hydrogen-bond acceptors (Lipinski definition) is 5. The number of ether oxygens (including phenoxy) is 1. The van der Waals surface area contributed by atoms with Crippen molar-refractivity contribution in [2.45, 2.75) is 20.3 Å². The molecule has 34 heavy (non-hydrogen) atoms. The van der Waals surface area contributed by atoms with Gasteiger partial charge < -0.3 is 4.74 Å². The average molecular weight is 469 g/mol. The molecule has 0 aliphatic rings. The summed E-state index contributed by atoms with van der Waals surface area (Å²) < 4.78 is 7.84. The molecule has 5 rings (SSSR count). The quantitative estimate of drug-likeness (QED) is 0.304. The van der Waals surface area contributed by atoms with Gasteiger partial charge in [-0.15, -0.1) is 0 Å². The lowest BCUT2D eigenvalue weighted by atomic mass is 10.0. The molecule has 0 aliphatic heterocycles. The van der Waals surface area contributed by atoms with Crippen molar-refractivity contribution in [1.82, 2.24) is 14.8 Å². The maximum Gasteiger partial charge on any atom is 0.283 e. The Morgan fingerprint density at radius 1 is 1.06 bits per heavy atom. The molecular weight excluding hydrogens is 444 g/mol. The SMILES string of the molecule is CCc1ccc(N=C(C)c2c(-c3ccc(OC)cc3)[nH]n(-c3nc4ccccc4s3)c2=O)cc1. The van der Waals surface area contributed by atoms with E-state index < -0.39 is 0 Å². The minimum absolute atomic E-state index is 0.184. The lowest BCUT2D eigenvalue weighted by Crippen LogP contribution is -2.19. The summed E-state index contributed by atoms with van der Waals surface area (Å²) in [5.41, 5.74) is 5.44. The van der Waals surface area contributed by atoms with Gasteiger partial charge in [0, 0.05) is 5.56 Å². The summed E-state index contributed by atoms with van der Waals surface area (Å²) in [5.74, 6) is 0.750. The fourth-order valence-corrected chi connectivity index (χ4v) is 4.81. The van der Waals surface area contributed by atoms with Gasteiger partial charge in [-0.1, -0.05) is 42.5 Å². The van der Waals surface area contributed by atoms with Crippen molar-refractivity contribution >= 4 is 33.0 Å². The summed E-state index contributed by atoms with van der Waals surface area (Å²) in [6.07, 6.45) is 0.968. The number of thiazole rings is 1. The van der Waals surface area contributed by atoms with E-state index in [9.17, 15) is 4.79 Å². The van der Waals surface area contributed by atoms with E-state index in [0.717, 1.165) is 33.6 Å². The van der Waals surface area contributed by atoms with E-state index in [0.29, 0.717) is 22.1 Å². The zero-order valence-electron chi connectivity index (χ0n) is 19.2. The van der Waals surface area contributed by atoms with E-state index in [1.165, 1.54) is 21.6 Å². The lowest BCUT2D eigenvalue weighted by Gasteiger charge is -2.05. The first kappa shape index (κ1) is 21.9. The molecule has 7 heteroatoms. The van der Waals surface area contributed by atoms with E-state index in [1.54, 1.807) is 7.11 Å². The maximum atomic E-state index is 13.7. The molecule has 3 aromatic carbocycles. The molecule has 0 fully saturated rings. The molecule has 0 spiro atoms. The Balaban J connectivity index is 1.67. The first-order chi connectivity index (χ1) is 16.6. The Labute approximate surface area is 201 Å². The third-order valence-corrected chi connectivity index (χ3v) is 6.77. The van der Waals surface area contributed by atoms with E-state index in [4.69, 9.17) is 9.73 Å². The Hall–Kier alpha value is -3.97. The third kappa shape index (κ3) is 4.06. The zero-order valence-corrected chi connectivity index (χ0v) is 20.0. The summed E-state index contributed by atoms with van der Waals surface area (Å²) in [6, 6.07) is 23.6. The number of H-pyrrole nitrogens is 1. The normalized spacial score (nSPS) is 11.8. The summed E-state index contributed by atoms with van der Waals surface area (Å²) >= 11 is 1.47. The molecular formula is C27H24N4O2S. The molecule has 5 aromatic rings. The minimum atomic E-state index is -0.184. The second-order valence-electron chi connectivity index (χ2n) is 7.91. The molecule has 0 saturated carbocycles. The molecule has 0 radical (unpaired) electrons. The van der Waals surface area contributed by atoms with Gasteiger partial charge >= 0.3 is 0 Å². The van der Waals surface area contributed by atoms with Gasteiger partial charge in [0.25, 0.3) is 5.56 Å². The van der Waals surface area contributed by atoms with Crippen LogP contribution in [0.15, 0.2) is 82.6 Å². The van der Waals surface area contributed by atoms with Crippen LogP contribution >= 0.6 is 11.3 Å². The summed E-state index contributed by atoms with van der Waals surface area (Å²) in [6.45, 7) is 3.99. The topological polar surface area (TPSA) is 72.3 Å². The Morgan fingerprint density at radius 2 is 1.79 bits per heavy atom. The maximum absolute atomic E-state index is 13.7. The van der Waals surface area contributed by atoms with Crippen LogP contribution in [0.5, 0.6) is 5.75 Å². The van der Waals surface area contributed by atoms with Crippen LogP contribution in [-0.4, -0.2) is 27.6 Å². The number of para-hydroxylation sites is 1. The van der Waals surface area contributed by atoms with Crippen molar-refractivity contribution in [1.29, 1.82) is 0 Å². The fraction of sp³-hybridized carbons (Fsp3) is 0.148. The van der Waals surface area contributed by atoms with Crippen LogP contribution in [-0.2, 0) is 6.42 Å². The Bertz CT molecular complexity index is 1510. The third-order valence-electron chi connectivity index (χ3n) is 5.75. The second kappa shape index (κ2) is 9.11. The number of methoxy groups -OCH3 is 1. The average Bonchev–Trinajstić information content (AvgIpc) is 3.45. The van der Waals surface area contributed by atoms with Gasteiger partial charge in [-0.3, -0.25) is 14.9 Å². The van der Waals surface area contributed by atoms with Crippen molar-refractivity contribution in [3.8, 4) is 22.1 Å². The van der Waals surface area contributed by atoms with E-state index in [2.05, 4.69) is 29.1 Å². The van der Waals surface area contributed by atoms with Crippen molar-refractivity contribution in [2.75, 3.05) is 7.11 Å². The van der Waals surface area contributed by atoms with Crippen LogP contribution in [0.3, 0.4) is 0 Å². The standard InChI is InChI=1S/C27H24N4O2S/c1-4-18-9-13-20(14-10-18)28-17(2)24-25(19-11-15-21(33-3)16-12-19)30-31(26(24)32)27-29-22-7-5-6-8-23(22)34-27/h5-16,30H,4H2,1-3H3.